The van der Waals surface area contributed by atoms with E-state index in [4.69, 9.17) is 9.47 Å². The minimum atomic E-state index is -0.821. The van der Waals surface area contributed by atoms with Gasteiger partial charge in [-0.1, -0.05) is 31.9 Å². The fraction of sp³-hybridized carbons (Fsp3) is 0.308. The highest BCUT2D eigenvalue weighted by molar-refractivity contribution is 9.10. The molecule has 2 aliphatic heterocycles. The van der Waals surface area contributed by atoms with Crippen LogP contribution in [-0.4, -0.2) is 60.6 Å². The van der Waals surface area contributed by atoms with Gasteiger partial charge < -0.3 is 9.47 Å². The summed E-state index contributed by atoms with van der Waals surface area (Å²) in [4.78, 5) is 73.5. The Morgan fingerprint density at radius 3 is 1.37 bits per heavy atom. The SMILES string of the molecule is CCOC(=O)[C@@H](C)N1C(=O)C(=O)c2cc(Br)ccc21.CCOC(=O)[C@@H](C)N1C(=O)C(=O)c2cc(Br)ccc21. The lowest BCUT2D eigenvalue weighted by molar-refractivity contribution is -0.145. The van der Waals surface area contributed by atoms with Crippen LogP contribution in [0.3, 0.4) is 0 Å². The number of amides is 2. The Morgan fingerprint density at radius 2 is 1.05 bits per heavy atom. The van der Waals surface area contributed by atoms with Crippen LogP contribution in [-0.2, 0) is 28.7 Å². The van der Waals surface area contributed by atoms with Gasteiger partial charge >= 0.3 is 11.9 Å². The molecular weight excluding hydrogens is 628 g/mol. The van der Waals surface area contributed by atoms with Crippen LogP contribution in [0.5, 0.6) is 0 Å². The maximum atomic E-state index is 12.0. The summed E-state index contributed by atoms with van der Waals surface area (Å²) in [5.41, 5.74) is 1.49. The van der Waals surface area contributed by atoms with E-state index in [0.29, 0.717) is 31.4 Å². The lowest BCUT2D eigenvalue weighted by Gasteiger charge is -2.22. The van der Waals surface area contributed by atoms with Gasteiger partial charge in [0.2, 0.25) is 0 Å². The summed E-state index contributed by atoms with van der Waals surface area (Å²) < 4.78 is 11.2. The molecule has 0 aliphatic carbocycles. The van der Waals surface area contributed by atoms with Crippen LogP contribution < -0.4 is 9.80 Å². The lowest BCUT2D eigenvalue weighted by atomic mass is 10.1. The summed E-state index contributed by atoms with van der Waals surface area (Å²) in [6, 6.07) is 8.22. The number of Topliss-reactive ketones (excluding diaryl/α,β-unsaturated/α-hetero) is 2. The zero-order valence-electron chi connectivity index (χ0n) is 20.9. The minimum absolute atomic E-state index is 0.229. The molecule has 0 spiro atoms. The van der Waals surface area contributed by atoms with Crippen LogP contribution in [0.25, 0.3) is 0 Å². The molecule has 2 atom stereocenters. The third kappa shape index (κ3) is 5.56. The summed E-state index contributed by atoms with van der Waals surface area (Å²) >= 11 is 6.50. The normalized spacial score (nSPS) is 15.4. The van der Waals surface area contributed by atoms with Crippen molar-refractivity contribution >= 4 is 78.6 Å². The Labute approximate surface area is 235 Å². The highest BCUT2D eigenvalue weighted by atomic mass is 79.9. The molecule has 0 saturated carbocycles. The van der Waals surface area contributed by atoms with Crippen molar-refractivity contribution in [2.75, 3.05) is 23.0 Å². The molecule has 0 fully saturated rings. The largest absolute Gasteiger partial charge is 0.464 e. The third-order valence-electron chi connectivity index (χ3n) is 5.78. The van der Waals surface area contributed by atoms with Gasteiger partial charge in [0.15, 0.2) is 0 Å². The molecule has 2 aromatic rings. The Kier molecular flexibility index (Phi) is 9.21. The first-order valence-corrected chi connectivity index (χ1v) is 13.2. The summed E-state index contributed by atoms with van der Waals surface area (Å²) in [7, 11) is 0. The third-order valence-corrected chi connectivity index (χ3v) is 6.77. The van der Waals surface area contributed by atoms with E-state index in [1.807, 2.05) is 0 Å². The molecule has 0 aromatic heterocycles. The maximum absolute atomic E-state index is 12.0. The number of carbonyl (C=O) groups excluding carboxylic acids is 6. The smallest absolute Gasteiger partial charge is 0.328 e. The van der Waals surface area contributed by atoms with E-state index in [2.05, 4.69) is 31.9 Å². The summed E-state index contributed by atoms with van der Waals surface area (Å²) in [5, 5.41) is 0. The van der Waals surface area contributed by atoms with Gasteiger partial charge in [-0.15, -0.1) is 0 Å². The molecule has 0 unspecified atom stereocenters. The number of esters is 2. The van der Waals surface area contributed by atoms with Gasteiger partial charge in [-0.2, -0.15) is 0 Å². The molecule has 10 nitrogen and oxygen atoms in total. The van der Waals surface area contributed by atoms with Crippen LogP contribution in [0.4, 0.5) is 11.4 Å². The van der Waals surface area contributed by atoms with E-state index in [-0.39, 0.29) is 13.2 Å². The molecule has 0 saturated heterocycles. The average molecular weight is 652 g/mol. The van der Waals surface area contributed by atoms with Gasteiger partial charge in [-0.05, 0) is 64.1 Å². The van der Waals surface area contributed by atoms with E-state index < -0.39 is 47.4 Å². The van der Waals surface area contributed by atoms with Crippen molar-refractivity contribution in [1.29, 1.82) is 0 Å². The van der Waals surface area contributed by atoms with Crippen molar-refractivity contribution in [3.8, 4) is 0 Å². The molecule has 2 aromatic carbocycles. The monoisotopic (exact) mass is 650 g/mol. The molecule has 2 amide bonds. The van der Waals surface area contributed by atoms with Gasteiger partial charge in [-0.3, -0.25) is 29.0 Å². The Bertz CT molecular complexity index is 1240. The maximum Gasteiger partial charge on any atom is 0.328 e. The van der Waals surface area contributed by atoms with Crippen molar-refractivity contribution < 1.29 is 38.2 Å². The molecule has 0 bridgehead atoms. The Hall–Kier alpha value is -3.38. The molecule has 0 radical (unpaired) electrons. The molecule has 0 N–H and O–H groups in total. The highest BCUT2D eigenvalue weighted by Gasteiger charge is 2.42. The zero-order valence-corrected chi connectivity index (χ0v) is 24.1. The second kappa shape index (κ2) is 12.0. The second-order valence-corrected chi connectivity index (χ2v) is 10.0. The fourth-order valence-electron chi connectivity index (χ4n) is 3.97. The predicted octanol–water partition coefficient (Wildman–Crippen LogP) is 3.86. The summed E-state index contributed by atoms with van der Waals surface area (Å²) in [5.74, 6) is -3.67. The summed E-state index contributed by atoms with van der Waals surface area (Å²) in [6.07, 6.45) is 0. The van der Waals surface area contributed by atoms with Crippen LogP contribution >= 0.6 is 31.9 Å². The summed E-state index contributed by atoms with van der Waals surface area (Å²) in [6.45, 7) is 6.92. The van der Waals surface area contributed by atoms with Gasteiger partial charge in [0.05, 0.1) is 35.7 Å². The van der Waals surface area contributed by atoms with Crippen molar-refractivity contribution in [3.63, 3.8) is 0 Å². The van der Waals surface area contributed by atoms with Gasteiger partial charge in [0.25, 0.3) is 23.4 Å². The second-order valence-electron chi connectivity index (χ2n) is 8.19. The molecule has 38 heavy (non-hydrogen) atoms. The number of carbonyl (C=O) groups is 6. The Morgan fingerprint density at radius 1 is 0.711 bits per heavy atom. The molecule has 2 aliphatic rings. The first-order valence-electron chi connectivity index (χ1n) is 11.6. The average Bonchev–Trinajstić information content (AvgIpc) is 3.27. The number of halogens is 2. The zero-order chi connectivity index (χ0) is 28.3. The van der Waals surface area contributed by atoms with Crippen molar-refractivity contribution in [2.45, 2.75) is 39.8 Å². The van der Waals surface area contributed by atoms with Crippen molar-refractivity contribution in [2.24, 2.45) is 0 Å². The molecule has 200 valence electrons. The van der Waals surface area contributed by atoms with Gasteiger partial charge in [-0.25, -0.2) is 9.59 Å². The highest BCUT2D eigenvalue weighted by Crippen LogP contribution is 2.34. The first kappa shape index (κ1) is 29.2. The number of hydrogen-bond donors (Lipinski definition) is 0. The number of anilines is 2. The number of rotatable bonds is 6. The number of benzene rings is 2. The number of fused-ring (bicyclic) bond motifs is 2. The number of nitrogens with zero attached hydrogens (tertiary/aromatic N) is 2. The van der Waals surface area contributed by atoms with Gasteiger partial charge in [0.1, 0.15) is 12.1 Å². The molecule has 12 heteroatoms. The standard InChI is InChI=1S/2C13H12BrNO4/c2*1-3-19-13(18)7(2)15-10-5-4-8(14)6-9(10)11(16)12(15)17/h2*4-7H,3H2,1-2H3/t2*7-/m11/s1. The lowest BCUT2D eigenvalue weighted by Crippen LogP contribution is -2.43. The first-order chi connectivity index (χ1) is 17.9. The quantitative estimate of drug-likeness (QED) is 0.340. The Balaban J connectivity index is 0.000000211. The molecular formula is C26H24Br2N2O8. The van der Waals surface area contributed by atoms with Crippen LogP contribution in [0, 0.1) is 0 Å². The van der Waals surface area contributed by atoms with Crippen LogP contribution in [0.2, 0.25) is 0 Å². The molecule has 2 heterocycles. The van der Waals surface area contributed by atoms with E-state index in [1.165, 1.54) is 9.80 Å². The molecule has 4 rings (SSSR count). The van der Waals surface area contributed by atoms with E-state index in [9.17, 15) is 28.8 Å². The minimum Gasteiger partial charge on any atom is -0.464 e. The fourth-order valence-corrected chi connectivity index (χ4v) is 4.70. The number of ether oxygens (including phenoxy) is 2. The van der Waals surface area contributed by atoms with Crippen LogP contribution in [0.15, 0.2) is 45.3 Å². The predicted molar refractivity (Wildman–Crippen MR) is 144 cm³/mol. The number of hydrogen-bond acceptors (Lipinski definition) is 8. The van der Waals surface area contributed by atoms with E-state index >= 15 is 0 Å². The van der Waals surface area contributed by atoms with Crippen molar-refractivity contribution in [3.05, 3.63) is 56.5 Å². The van der Waals surface area contributed by atoms with E-state index in [1.54, 1.807) is 64.1 Å². The van der Waals surface area contributed by atoms with E-state index in [0.717, 1.165) is 0 Å². The number of ketones is 2. The van der Waals surface area contributed by atoms with Crippen molar-refractivity contribution in [1.82, 2.24) is 0 Å². The topological polar surface area (TPSA) is 127 Å². The van der Waals surface area contributed by atoms with Gasteiger partial charge in [0, 0.05) is 8.95 Å². The van der Waals surface area contributed by atoms with Crippen LogP contribution in [0.1, 0.15) is 48.4 Å².